The Kier molecular flexibility index (Phi) is 6.14. The maximum Gasteiger partial charge on any atom is 0.237 e. The van der Waals surface area contributed by atoms with Crippen LogP contribution >= 0.6 is 0 Å². The average Bonchev–Trinajstić information content (AvgIpc) is 3.30. The van der Waals surface area contributed by atoms with E-state index in [9.17, 15) is 4.79 Å². The van der Waals surface area contributed by atoms with Crippen molar-refractivity contribution in [3.05, 3.63) is 48.0 Å². The van der Waals surface area contributed by atoms with E-state index in [0.717, 1.165) is 25.2 Å². The van der Waals surface area contributed by atoms with Crippen LogP contribution in [0.4, 0.5) is 0 Å². The molecule has 2 aromatic rings. The van der Waals surface area contributed by atoms with Crippen molar-refractivity contribution in [3.8, 4) is 0 Å². The Morgan fingerprint density at radius 2 is 2.20 bits per heavy atom. The Bertz CT molecular complexity index is 673. The summed E-state index contributed by atoms with van der Waals surface area (Å²) >= 11 is 0. The van der Waals surface area contributed by atoms with Gasteiger partial charge in [0.05, 0.1) is 12.6 Å². The summed E-state index contributed by atoms with van der Waals surface area (Å²) in [6, 6.07) is 10.4. The molecule has 134 valence electrons. The van der Waals surface area contributed by atoms with Gasteiger partial charge in [0.25, 0.3) is 0 Å². The molecule has 3 rings (SSSR count). The number of aromatic nitrogens is 3. The fourth-order valence-corrected chi connectivity index (χ4v) is 3.17. The summed E-state index contributed by atoms with van der Waals surface area (Å²) in [4.78, 5) is 12.4. The number of hydrogen-bond donors (Lipinski definition) is 2. The first-order valence-corrected chi connectivity index (χ1v) is 8.72. The number of carbonyl (C=O) groups excluding carboxylic acids is 1. The van der Waals surface area contributed by atoms with E-state index in [1.54, 1.807) is 13.4 Å². The average molecular weight is 343 g/mol. The highest BCUT2D eigenvalue weighted by Crippen LogP contribution is 2.26. The van der Waals surface area contributed by atoms with E-state index in [4.69, 9.17) is 4.74 Å². The summed E-state index contributed by atoms with van der Waals surface area (Å²) in [7, 11) is 1.67. The van der Waals surface area contributed by atoms with Gasteiger partial charge in [0.1, 0.15) is 12.2 Å². The third-order valence-corrected chi connectivity index (χ3v) is 4.54. The van der Waals surface area contributed by atoms with Crippen molar-refractivity contribution in [2.75, 3.05) is 20.3 Å². The van der Waals surface area contributed by atoms with Gasteiger partial charge in [-0.05, 0) is 18.4 Å². The first-order valence-electron chi connectivity index (χ1n) is 8.72. The minimum atomic E-state index is -0.128. The van der Waals surface area contributed by atoms with Crippen molar-refractivity contribution in [1.29, 1.82) is 0 Å². The zero-order valence-corrected chi connectivity index (χ0v) is 14.5. The van der Waals surface area contributed by atoms with Crippen LogP contribution in [0.3, 0.4) is 0 Å². The second-order valence-electron chi connectivity index (χ2n) is 6.23. The lowest BCUT2D eigenvalue weighted by Crippen LogP contribution is -2.41. The molecule has 0 saturated carbocycles. The zero-order valence-electron chi connectivity index (χ0n) is 14.5. The molecule has 1 amide bonds. The van der Waals surface area contributed by atoms with Crippen LogP contribution in [-0.2, 0) is 22.5 Å². The molecule has 1 aromatic heterocycles. The molecule has 0 bridgehead atoms. The van der Waals surface area contributed by atoms with Crippen LogP contribution < -0.4 is 10.6 Å². The van der Waals surface area contributed by atoms with Crippen LogP contribution in [0.25, 0.3) is 0 Å². The predicted molar refractivity (Wildman–Crippen MR) is 94.0 cm³/mol. The van der Waals surface area contributed by atoms with Crippen molar-refractivity contribution in [1.82, 2.24) is 25.4 Å². The zero-order chi connectivity index (χ0) is 17.5. The highest BCUT2D eigenvalue weighted by Gasteiger charge is 2.29. The monoisotopic (exact) mass is 343 g/mol. The van der Waals surface area contributed by atoms with Gasteiger partial charge in [-0.2, -0.15) is 0 Å². The normalized spacial score (nSPS) is 19.9. The Morgan fingerprint density at radius 3 is 3.00 bits per heavy atom. The third kappa shape index (κ3) is 4.64. The molecule has 0 radical (unpaired) electrons. The van der Waals surface area contributed by atoms with E-state index in [0.29, 0.717) is 19.6 Å². The number of carbonyl (C=O) groups is 1. The maximum atomic E-state index is 12.4. The molecule has 7 nitrogen and oxygen atoms in total. The standard InChI is InChI=1S/C18H25N5O2/c1-25-12-11-23-13-20-22-17(23)9-10-19-18(24)16-8-7-15(21-16)14-5-3-2-4-6-14/h2-6,13,15-16,21H,7-12H2,1H3,(H,19,24)/t15-,16-/m1/s1. The number of rotatable bonds is 8. The first-order chi connectivity index (χ1) is 12.3. The molecule has 2 N–H and O–H groups in total. The van der Waals surface area contributed by atoms with Crippen LogP contribution in [0, 0.1) is 0 Å². The van der Waals surface area contributed by atoms with Gasteiger partial charge in [-0.15, -0.1) is 10.2 Å². The minimum Gasteiger partial charge on any atom is -0.383 e. The van der Waals surface area contributed by atoms with Gasteiger partial charge in [-0.1, -0.05) is 30.3 Å². The van der Waals surface area contributed by atoms with Crippen molar-refractivity contribution >= 4 is 5.91 Å². The number of nitrogens with one attached hydrogen (secondary N) is 2. The maximum absolute atomic E-state index is 12.4. The molecule has 0 unspecified atom stereocenters. The van der Waals surface area contributed by atoms with Crippen LogP contribution in [0.15, 0.2) is 36.7 Å². The summed E-state index contributed by atoms with van der Waals surface area (Å²) < 4.78 is 7.03. The summed E-state index contributed by atoms with van der Waals surface area (Å²) in [5, 5.41) is 14.5. The van der Waals surface area contributed by atoms with Crippen molar-refractivity contribution in [2.45, 2.75) is 37.9 Å². The summed E-state index contributed by atoms with van der Waals surface area (Å²) in [6.45, 7) is 1.89. The number of ether oxygens (including phenoxy) is 1. The van der Waals surface area contributed by atoms with Crippen LogP contribution in [0.2, 0.25) is 0 Å². The molecule has 25 heavy (non-hydrogen) atoms. The van der Waals surface area contributed by atoms with Crippen LogP contribution in [0.1, 0.15) is 30.3 Å². The van der Waals surface area contributed by atoms with Gasteiger partial charge in [-0.25, -0.2) is 0 Å². The molecule has 2 heterocycles. The molecule has 1 fully saturated rings. The fourth-order valence-electron chi connectivity index (χ4n) is 3.17. The third-order valence-electron chi connectivity index (χ3n) is 4.54. The smallest absolute Gasteiger partial charge is 0.237 e. The van der Waals surface area contributed by atoms with Crippen molar-refractivity contribution < 1.29 is 9.53 Å². The number of hydrogen-bond acceptors (Lipinski definition) is 5. The van der Waals surface area contributed by atoms with Crippen molar-refractivity contribution in [3.63, 3.8) is 0 Å². The molecule has 2 atom stereocenters. The molecule has 7 heteroatoms. The summed E-state index contributed by atoms with van der Waals surface area (Å²) in [5.41, 5.74) is 1.24. The highest BCUT2D eigenvalue weighted by molar-refractivity contribution is 5.82. The molecule has 0 aliphatic carbocycles. The van der Waals surface area contributed by atoms with Crippen LogP contribution in [0.5, 0.6) is 0 Å². The van der Waals surface area contributed by atoms with Crippen molar-refractivity contribution in [2.24, 2.45) is 0 Å². The Labute approximate surface area is 147 Å². The molecular weight excluding hydrogens is 318 g/mol. The van der Waals surface area contributed by atoms with Gasteiger partial charge in [0.15, 0.2) is 0 Å². The Morgan fingerprint density at radius 1 is 1.36 bits per heavy atom. The number of nitrogens with zero attached hydrogens (tertiary/aromatic N) is 3. The van der Waals surface area contributed by atoms with Gasteiger partial charge in [-0.3, -0.25) is 10.1 Å². The van der Waals surface area contributed by atoms with Gasteiger partial charge < -0.3 is 14.6 Å². The molecule has 1 aliphatic rings. The van der Waals surface area contributed by atoms with Gasteiger partial charge in [0.2, 0.25) is 5.91 Å². The number of amides is 1. The topological polar surface area (TPSA) is 81.1 Å². The lowest BCUT2D eigenvalue weighted by molar-refractivity contribution is -0.122. The lowest BCUT2D eigenvalue weighted by atomic mass is 10.1. The van der Waals surface area contributed by atoms with E-state index in [1.807, 2.05) is 22.8 Å². The van der Waals surface area contributed by atoms with E-state index in [2.05, 4.69) is 33.0 Å². The van der Waals surface area contributed by atoms with Gasteiger partial charge >= 0.3 is 0 Å². The van der Waals surface area contributed by atoms with Gasteiger partial charge in [0, 0.05) is 32.7 Å². The second kappa shape index (κ2) is 8.73. The molecule has 0 spiro atoms. The molecule has 1 saturated heterocycles. The Balaban J connectivity index is 1.44. The SMILES string of the molecule is COCCn1cnnc1CCNC(=O)[C@H]1CC[C@H](c2ccccc2)N1. The Hall–Kier alpha value is -2.25. The van der Waals surface area contributed by atoms with Crippen LogP contribution in [-0.4, -0.2) is 47.0 Å². The van der Waals surface area contributed by atoms with E-state index in [-0.39, 0.29) is 18.0 Å². The first kappa shape index (κ1) is 17.6. The second-order valence-corrected chi connectivity index (χ2v) is 6.23. The quantitative estimate of drug-likeness (QED) is 0.749. The molecule has 1 aliphatic heterocycles. The van der Waals surface area contributed by atoms with E-state index < -0.39 is 0 Å². The van der Waals surface area contributed by atoms with E-state index >= 15 is 0 Å². The lowest BCUT2D eigenvalue weighted by Gasteiger charge is -2.15. The minimum absolute atomic E-state index is 0.0568. The predicted octanol–water partition coefficient (Wildman–Crippen LogP) is 1.08. The van der Waals surface area contributed by atoms with E-state index in [1.165, 1.54) is 5.56 Å². The highest BCUT2D eigenvalue weighted by atomic mass is 16.5. The fraction of sp³-hybridized carbons (Fsp3) is 0.500. The largest absolute Gasteiger partial charge is 0.383 e. The number of benzene rings is 1. The summed E-state index contributed by atoms with van der Waals surface area (Å²) in [6.07, 6.45) is 4.19. The molecular formula is C18H25N5O2. The molecule has 1 aromatic carbocycles. The summed E-state index contributed by atoms with van der Waals surface area (Å²) in [5.74, 6) is 0.917. The number of methoxy groups -OCH3 is 1.